The first-order chi connectivity index (χ1) is 10.0. The number of benzene rings is 2. The molecule has 1 amide bonds. The lowest BCUT2D eigenvalue weighted by molar-refractivity contribution is -0.116. The van der Waals surface area contributed by atoms with Gasteiger partial charge in [-0.05, 0) is 42.8 Å². The standard InChI is InChI=1S/C16H15BrClNO2/c1-11-5-6-15(14(18)9-11)19-16(20)7-8-21-13-4-2-3-12(17)10-13/h2-6,9-10H,7-8H2,1H3,(H,19,20). The van der Waals surface area contributed by atoms with Crippen LogP contribution in [0.4, 0.5) is 5.69 Å². The summed E-state index contributed by atoms with van der Waals surface area (Å²) in [5.41, 5.74) is 1.67. The molecule has 3 nitrogen and oxygen atoms in total. The fourth-order valence-electron chi connectivity index (χ4n) is 1.75. The quantitative estimate of drug-likeness (QED) is 0.822. The second kappa shape index (κ2) is 7.48. The van der Waals surface area contributed by atoms with E-state index in [-0.39, 0.29) is 12.3 Å². The van der Waals surface area contributed by atoms with E-state index in [1.807, 2.05) is 43.3 Å². The fraction of sp³-hybridized carbons (Fsp3) is 0.188. The van der Waals surface area contributed by atoms with Gasteiger partial charge in [0.25, 0.3) is 0 Å². The van der Waals surface area contributed by atoms with Crippen molar-refractivity contribution in [2.24, 2.45) is 0 Å². The van der Waals surface area contributed by atoms with Crippen LogP contribution >= 0.6 is 27.5 Å². The summed E-state index contributed by atoms with van der Waals surface area (Å²) in [6.45, 7) is 2.26. The van der Waals surface area contributed by atoms with Crippen LogP contribution in [-0.2, 0) is 4.79 Å². The number of ether oxygens (including phenoxy) is 1. The van der Waals surface area contributed by atoms with Crippen molar-refractivity contribution in [3.63, 3.8) is 0 Å². The molecule has 0 aliphatic carbocycles. The molecule has 0 aromatic heterocycles. The molecule has 0 spiro atoms. The Balaban J connectivity index is 1.82. The molecule has 0 heterocycles. The largest absolute Gasteiger partial charge is 0.493 e. The van der Waals surface area contributed by atoms with Gasteiger partial charge in [-0.2, -0.15) is 0 Å². The van der Waals surface area contributed by atoms with Crippen LogP contribution in [0.2, 0.25) is 5.02 Å². The van der Waals surface area contributed by atoms with Crippen LogP contribution < -0.4 is 10.1 Å². The van der Waals surface area contributed by atoms with Gasteiger partial charge in [0.2, 0.25) is 5.91 Å². The molecular weight excluding hydrogens is 354 g/mol. The molecule has 0 saturated carbocycles. The molecule has 1 N–H and O–H groups in total. The molecule has 2 rings (SSSR count). The molecule has 0 aliphatic rings. The van der Waals surface area contributed by atoms with Crippen molar-refractivity contribution >= 4 is 39.1 Å². The summed E-state index contributed by atoms with van der Waals surface area (Å²) in [6, 6.07) is 13.0. The Hall–Kier alpha value is -1.52. The van der Waals surface area contributed by atoms with Crippen molar-refractivity contribution in [3.8, 4) is 5.75 Å². The summed E-state index contributed by atoms with van der Waals surface area (Å²) in [5, 5.41) is 3.31. The van der Waals surface area contributed by atoms with Gasteiger partial charge in [-0.1, -0.05) is 39.7 Å². The predicted molar refractivity (Wildman–Crippen MR) is 89.1 cm³/mol. The number of amides is 1. The summed E-state index contributed by atoms with van der Waals surface area (Å²) >= 11 is 9.44. The van der Waals surface area contributed by atoms with E-state index < -0.39 is 0 Å². The minimum atomic E-state index is -0.129. The van der Waals surface area contributed by atoms with Crippen molar-refractivity contribution in [1.82, 2.24) is 0 Å². The van der Waals surface area contributed by atoms with Gasteiger partial charge in [-0.15, -0.1) is 0 Å². The Morgan fingerprint density at radius 2 is 2.10 bits per heavy atom. The minimum absolute atomic E-state index is 0.129. The number of halogens is 2. The molecule has 0 fully saturated rings. The van der Waals surface area contributed by atoms with Crippen molar-refractivity contribution in [1.29, 1.82) is 0 Å². The predicted octanol–water partition coefficient (Wildman–Crippen LogP) is 4.82. The van der Waals surface area contributed by atoms with E-state index >= 15 is 0 Å². The molecule has 0 bridgehead atoms. The smallest absolute Gasteiger partial charge is 0.227 e. The summed E-state index contributed by atoms with van der Waals surface area (Å²) in [6.07, 6.45) is 0.261. The van der Waals surface area contributed by atoms with Gasteiger partial charge in [-0.3, -0.25) is 4.79 Å². The zero-order valence-corrected chi connectivity index (χ0v) is 13.9. The van der Waals surface area contributed by atoms with Crippen molar-refractivity contribution < 1.29 is 9.53 Å². The van der Waals surface area contributed by atoms with E-state index in [2.05, 4.69) is 21.2 Å². The van der Waals surface area contributed by atoms with E-state index in [9.17, 15) is 4.79 Å². The Kier molecular flexibility index (Phi) is 5.65. The summed E-state index contributed by atoms with van der Waals surface area (Å²) < 4.78 is 6.46. The highest BCUT2D eigenvalue weighted by atomic mass is 79.9. The van der Waals surface area contributed by atoms with Gasteiger partial charge < -0.3 is 10.1 Å². The third kappa shape index (κ3) is 5.06. The number of carbonyl (C=O) groups excluding carboxylic acids is 1. The first-order valence-corrected chi connectivity index (χ1v) is 7.66. The molecule has 0 unspecified atom stereocenters. The number of hydrogen-bond acceptors (Lipinski definition) is 2. The maximum absolute atomic E-state index is 11.8. The van der Waals surface area contributed by atoms with Gasteiger partial charge >= 0.3 is 0 Å². The van der Waals surface area contributed by atoms with E-state index in [1.54, 1.807) is 6.07 Å². The summed E-state index contributed by atoms with van der Waals surface area (Å²) in [7, 11) is 0. The average molecular weight is 369 g/mol. The van der Waals surface area contributed by atoms with Crippen LogP contribution in [0.1, 0.15) is 12.0 Å². The Morgan fingerprint density at radius 1 is 1.29 bits per heavy atom. The molecule has 110 valence electrons. The molecule has 0 radical (unpaired) electrons. The molecule has 0 saturated heterocycles. The fourth-order valence-corrected chi connectivity index (χ4v) is 2.41. The Labute approximate surface area is 137 Å². The first-order valence-electron chi connectivity index (χ1n) is 6.49. The van der Waals surface area contributed by atoms with Crippen LogP contribution in [0, 0.1) is 6.92 Å². The number of aryl methyl sites for hydroxylation is 1. The number of nitrogens with one attached hydrogen (secondary N) is 1. The van der Waals surface area contributed by atoms with Crippen molar-refractivity contribution in [2.75, 3.05) is 11.9 Å². The third-order valence-electron chi connectivity index (χ3n) is 2.79. The van der Waals surface area contributed by atoms with Crippen LogP contribution in [0.3, 0.4) is 0 Å². The van der Waals surface area contributed by atoms with Crippen molar-refractivity contribution in [3.05, 3.63) is 57.5 Å². The highest BCUT2D eigenvalue weighted by molar-refractivity contribution is 9.10. The Morgan fingerprint density at radius 3 is 2.81 bits per heavy atom. The number of anilines is 1. The second-order valence-corrected chi connectivity index (χ2v) is 5.91. The summed E-state index contributed by atoms with van der Waals surface area (Å²) in [5.74, 6) is 0.598. The van der Waals surface area contributed by atoms with Crippen LogP contribution in [0.25, 0.3) is 0 Å². The molecule has 2 aromatic rings. The zero-order valence-electron chi connectivity index (χ0n) is 11.5. The monoisotopic (exact) mass is 367 g/mol. The summed E-state index contributed by atoms with van der Waals surface area (Å²) in [4.78, 5) is 11.8. The minimum Gasteiger partial charge on any atom is -0.493 e. The zero-order chi connectivity index (χ0) is 15.2. The highest BCUT2D eigenvalue weighted by Crippen LogP contribution is 2.23. The average Bonchev–Trinajstić information content (AvgIpc) is 2.42. The lowest BCUT2D eigenvalue weighted by Gasteiger charge is -2.09. The number of rotatable bonds is 5. The van der Waals surface area contributed by atoms with Gasteiger partial charge in [0, 0.05) is 4.47 Å². The van der Waals surface area contributed by atoms with Gasteiger partial charge in [0.15, 0.2) is 0 Å². The molecule has 2 aromatic carbocycles. The molecule has 5 heteroatoms. The lowest BCUT2D eigenvalue weighted by Crippen LogP contribution is -2.15. The Bertz CT molecular complexity index is 646. The van der Waals surface area contributed by atoms with Gasteiger partial charge in [-0.25, -0.2) is 0 Å². The second-order valence-electron chi connectivity index (χ2n) is 4.59. The topological polar surface area (TPSA) is 38.3 Å². The highest BCUT2D eigenvalue weighted by Gasteiger charge is 2.06. The maximum Gasteiger partial charge on any atom is 0.227 e. The lowest BCUT2D eigenvalue weighted by atomic mass is 10.2. The van der Waals surface area contributed by atoms with Crippen LogP contribution in [0.15, 0.2) is 46.9 Å². The van der Waals surface area contributed by atoms with E-state index in [4.69, 9.17) is 16.3 Å². The molecular formula is C16H15BrClNO2. The third-order valence-corrected chi connectivity index (χ3v) is 3.60. The van der Waals surface area contributed by atoms with Gasteiger partial charge in [0.05, 0.1) is 23.7 Å². The van der Waals surface area contributed by atoms with Gasteiger partial charge in [0.1, 0.15) is 5.75 Å². The number of carbonyl (C=O) groups is 1. The number of hydrogen-bond donors (Lipinski definition) is 1. The maximum atomic E-state index is 11.8. The normalized spacial score (nSPS) is 10.2. The van der Waals surface area contributed by atoms with E-state index in [1.165, 1.54) is 0 Å². The first kappa shape index (κ1) is 15.9. The SMILES string of the molecule is Cc1ccc(NC(=O)CCOc2cccc(Br)c2)c(Cl)c1. The molecule has 0 aliphatic heterocycles. The van der Waals surface area contributed by atoms with Crippen LogP contribution in [0.5, 0.6) is 5.75 Å². The molecule has 0 atom stereocenters. The van der Waals surface area contributed by atoms with E-state index in [0.29, 0.717) is 17.3 Å². The van der Waals surface area contributed by atoms with Crippen molar-refractivity contribution in [2.45, 2.75) is 13.3 Å². The molecule has 21 heavy (non-hydrogen) atoms. The van der Waals surface area contributed by atoms with E-state index in [0.717, 1.165) is 15.8 Å². The van der Waals surface area contributed by atoms with Crippen LogP contribution in [-0.4, -0.2) is 12.5 Å².